The van der Waals surface area contributed by atoms with Gasteiger partial charge in [0, 0.05) is 23.5 Å². The van der Waals surface area contributed by atoms with Crippen molar-refractivity contribution in [3.8, 4) is 0 Å². The van der Waals surface area contributed by atoms with Crippen LogP contribution in [0.2, 0.25) is 0 Å². The quantitative estimate of drug-likeness (QED) is 0.585. The van der Waals surface area contributed by atoms with E-state index in [1.807, 2.05) is 0 Å². The molecule has 9 heteroatoms. The number of anilines is 1. The minimum absolute atomic E-state index is 0.0242. The Balaban J connectivity index is 1.71. The summed E-state index contributed by atoms with van der Waals surface area (Å²) in [7, 11) is -1.98. The van der Waals surface area contributed by atoms with Crippen LogP contribution in [0.15, 0.2) is 58.3 Å². The number of thioether (sulfide) groups is 1. The second kappa shape index (κ2) is 10.3. The lowest BCUT2D eigenvalue weighted by Gasteiger charge is -2.30. The van der Waals surface area contributed by atoms with Crippen LogP contribution >= 0.6 is 11.8 Å². The smallest absolute Gasteiger partial charge is 0.255 e. The van der Waals surface area contributed by atoms with Gasteiger partial charge in [0.15, 0.2) is 0 Å². The largest absolute Gasteiger partial charge is 0.369 e. The molecule has 0 bridgehead atoms. The number of nitrogens with one attached hydrogen (secondary N) is 1. The van der Waals surface area contributed by atoms with E-state index in [1.54, 1.807) is 31.3 Å². The van der Waals surface area contributed by atoms with Crippen LogP contribution in [0.3, 0.4) is 0 Å². The van der Waals surface area contributed by atoms with Crippen molar-refractivity contribution in [3.63, 3.8) is 0 Å². The van der Waals surface area contributed by atoms with Gasteiger partial charge in [-0.2, -0.15) is 4.31 Å². The summed E-state index contributed by atoms with van der Waals surface area (Å²) >= 11 is 1.24. The molecule has 3 rings (SSSR count). The van der Waals surface area contributed by atoms with Gasteiger partial charge in [0.1, 0.15) is 0 Å². The summed E-state index contributed by atoms with van der Waals surface area (Å²) < 4.78 is 27.4. The number of primary amides is 1. The minimum atomic E-state index is -3.61. The fourth-order valence-corrected chi connectivity index (χ4v) is 5.79. The third-order valence-electron chi connectivity index (χ3n) is 5.39. The Hall–Kier alpha value is -2.36. The number of rotatable bonds is 8. The number of carbonyl (C=O) groups excluding carboxylic acids is 2. The molecule has 1 fully saturated rings. The number of sulfonamides is 1. The normalized spacial score (nSPS) is 15.0. The van der Waals surface area contributed by atoms with Crippen molar-refractivity contribution in [2.45, 2.75) is 47.9 Å². The topological polar surface area (TPSA) is 110 Å². The monoisotopic (exact) mass is 461 g/mol. The fourth-order valence-electron chi connectivity index (χ4n) is 3.62. The molecule has 0 radical (unpaired) electrons. The lowest BCUT2D eigenvalue weighted by Crippen LogP contribution is -2.38. The van der Waals surface area contributed by atoms with E-state index in [9.17, 15) is 18.0 Å². The lowest BCUT2D eigenvalue weighted by atomic mass is 9.96. The van der Waals surface area contributed by atoms with Crippen LogP contribution in [0.1, 0.15) is 42.5 Å². The molecule has 1 saturated carbocycles. The van der Waals surface area contributed by atoms with Gasteiger partial charge in [0.25, 0.3) is 5.91 Å². The average molecular weight is 462 g/mol. The van der Waals surface area contributed by atoms with Crippen molar-refractivity contribution < 1.29 is 18.0 Å². The van der Waals surface area contributed by atoms with Crippen molar-refractivity contribution in [1.82, 2.24) is 4.31 Å². The van der Waals surface area contributed by atoms with Crippen LogP contribution in [0.5, 0.6) is 0 Å². The highest BCUT2D eigenvalue weighted by Gasteiger charge is 2.29. The Morgan fingerprint density at radius 1 is 1.06 bits per heavy atom. The van der Waals surface area contributed by atoms with E-state index in [2.05, 4.69) is 5.32 Å². The molecule has 0 unspecified atom stereocenters. The molecule has 0 atom stereocenters. The second-order valence-corrected chi connectivity index (χ2v) is 10.6. The molecule has 0 spiro atoms. The fraction of sp³-hybridized carbons (Fsp3) is 0.364. The molecule has 0 saturated heterocycles. The van der Waals surface area contributed by atoms with Gasteiger partial charge in [-0.3, -0.25) is 9.59 Å². The first-order valence-electron chi connectivity index (χ1n) is 10.2. The molecule has 1 aliphatic rings. The second-order valence-electron chi connectivity index (χ2n) is 7.54. The van der Waals surface area contributed by atoms with Gasteiger partial charge in [0.05, 0.1) is 16.3 Å². The van der Waals surface area contributed by atoms with Crippen molar-refractivity contribution in [2.75, 3.05) is 18.1 Å². The van der Waals surface area contributed by atoms with Gasteiger partial charge >= 0.3 is 0 Å². The SMILES string of the molecule is CN(C1CCCCC1)S(=O)(=O)c1ccc(C(=O)Nc2ccccc2SCC(N)=O)cc1. The predicted molar refractivity (Wildman–Crippen MR) is 123 cm³/mol. The first-order valence-corrected chi connectivity index (χ1v) is 12.6. The lowest BCUT2D eigenvalue weighted by molar-refractivity contribution is -0.115. The zero-order valence-electron chi connectivity index (χ0n) is 17.4. The highest BCUT2D eigenvalue weighted by Crippen LogP contribution is 2.28. The van der Waals surface area contributed by atoms with Crippen molar-refractivity contribution in [3.05, 3.63) is 54.1 Å². The number of nitrogens with zero attached hydrogens (tertiary/aromatic N) is 1. The molecule has 0 aromatic heterocycles. The molecule has 0 aliphatic heterocycles. The van der Waals surface area contributed by atoms with Crippen LogP contribution in [0, 0.1) is 0 Å². The molecule has 3 N–H and O–H groups in total. The number of hydrogen-bond acceptors (Lipinski definition) is 5. The maximum atomic E-state index is 13.0. The highest BCUT2D eigenvalue weighted by atomic mass is 32.2. The number of nitrogens with two attached hydrogens (primary N) is 1. The van der Waals surface area contributed by atoms with E-state index in [4.69, 9.17) is 5.73 Å². The van der Waals surface area contributed by atoms with Gasteiger partial charge < -0.3 is 11.1 Å². The summed E-state index contributed by atoms with van der Waals surface area (Å²) in [6.07, 6.45) is 5.00. The first-order chi connectivity index (χ1) is 14.8. The predicted octanol–water partition coefficient (Wildman–Crippen LogP) is 3.47. The highest BCUT2D eigenvalue weighted by molar-refractivity contribution is 8.00. The van der Waals surface area contributed by atoms with Gasteiger partial charge in [-0.15, -0.1) is 11.8 Å². The molecule has 7 nitrogen and oxygen atoms in total. The zero-order chi connectivity index (χ0) is 22.4. The molecule has 2 aromatic carbocycles. The summed E-state index contributed by atoms with van der Waals surface area (Å²) in [5.74, 6) is -0.702. The van der Waals surface area contributed by atoms with E-state index >= 15 is 0 Å². The standard InChI is InChI=1S/C22H27N3O4S2/c1-25(17-7-3-2-4-8-17)31(28,29)18-13-11-16(12-14-18)22(27)24-19-9-5-6-10-20(19)30-15-21(23)26/h5-6,9-14,17H,2-4,7-8,15H2,1H3,(H2,23,26)(H,24,27). The Morgan fingerprint density at radius 2 is 1.71 bits per heavy atom. The van der Waals surface area contributed by atoms with Crippen molar-refractivity contribution in [1.29, 1.82) is 0 Å². The molecule has 2 aromatic rings. The van der Waals surface area contributed by atoms with Crippen LogP contribution in [0.25, 0.3) is 0 Å². The number of amides is 2. The Morgan fingerprint density at radius 3 is 2.35 bits per heavy atom. The first kappa shape index (κ1) is 23.3. The molecular weight excluding hydrogens is 434 g/mol. The molecule has 0 heterocycles. The molecule has 2 amide bonds. The van der Waals surface area contributed by atoms with Crippen molar-refractivity contribution in [2.24, 2.45) is 5.73 Å². The van der Waals surface area contributed by atoms with Crippen molar-refractivity contribution >= 4 is 39.3 Å². The summed E-state index contributed by atoms with van der Waals surface area (Å²) in [6, 6.07) is 13.1. The third kappa shape index (κ3) is 5.87. The average Bonchev–Trinajstić information content (AvgIpc) is 2.78. The maximum absolute atomic E-state index is 13.0. The third-order valence-corrected chi connectivity index (χ3v) is 8.41. The Labute approximate surface area is 187 Å². The Kier molecular flexibility index (Phi) is 7.74. The van der Waals surface area contributed by atoms with Gasteiger partial charge in [-0.1, -0.05) is 31.4 Å². The summed E-state index contributed by atoms with van der Waals surface area (Å²) in [5.41, 5.74) is 6.11. The Bertz CT molecular complexity index is 1030. The van der Waals surface area contributed by atoms with E-state index < -0.39 is 15.9 Å². The molecule has 1 aliphatic carbocycles. The number of carbonyl (C=O) groups is 2. The maximum Gasteiger partial charge on any atom is 0.255 e. The van der Waals surface area contributed by atoms with E-state index in [-0.39, 0.29) is 22.6 Å². The van der Waals surface area contributed by atoms with E-state index in [1.165, 1.54) is 40.3 Å². The molecular formula is C22H27N3O4S2. The van der Waals surface area contributed by atoms with E-state index in [0.29, 0.717) is 11.3 Å². The summed E-state index contributed by atoms with van der Waals surface area (Å²) in [6.45, 7) is 0. The summed E-state index contributed by atoms with van der Waals surface area (Å²) in [5, 5.41) is 2.81. The number of para-hydroxylation sites is 1. The van der Waals surface area contributed by atoms with E-state index in [0.717, 1.165) is 37.0 Å². The number of benzene rings is 2. The molecule has 31 heavy (non-hydrogen) atoms. The van der Waals surface area contributed by atoms with Crippen LogP contribution in [0.4, 0.5) is 5.69 Å². The van der Waals surface area contributed by atoms with Crippen LogP contribution in [-0.2, 0) is 14.8 Å². The van der Waals surface area contributed by atoms with Gasteiger partial charge in [-0.05, 0) is 49.2 Å². The van der Waals surface area contributed by atoms with Gasteiger partial charge in [-0.25, -0.2) is 8.42 Å². The van der Waals surface area contributed by atoms with Crippen LogP contribution in [-0.4, -0.2) is 43.4 Å². The summed E-state index contributed by atoms with van der Waals surface area (Å²) in [4.78, 5) is 24.6. The van der Waals surface area contributed by atoms with Gasteiger partial charge in [0.2, 0.25) is 15.9 Å². The van der Waals surface area contributed by atoms with Crippen LogP contribution < -0.4 is 11.1 Å². The number of hydrogen-bond donors (Lipinski definition) is 2. The zero-order valence-corrected chi connectivity index (χ0v) is 19.0. The minimum Gasteiger partial charge on any atom is -0.369 e. The molecule has 166 valence electrons.